The number of unbranched alkanes of at least 4 members (excludes halogenated alkanes) is 1. The lowest BCUT2D eigenvalue weighted by Gasteiger charge is -2.05. The third-order valence-electron chi connectivity index (χ3n) is 1.17. The molecule has 0 heterocycles. The number of hydrogen-bond acceptors (Lipinski definition) is 2. The van der Waals surface area contributed by atoms with Gasteiger partial charge in [0.15, 0.2) is 0 Å². The van der Waals surface area contributed by atoms with E-state index in [-0.39, 0.29) is 11.9 Å². The minimum Gasteiger partial charge on any atom is -0.337 e. The lowest BCUT2D eigenvalue weighted by molar-refractivity contribution is -0.119. The van der Waals surface area contributed by atoms with Gasteiger partial charge in [0, 0.05) is 13.5 Å². The summed E-state index contributed by atoms with van der Waals surface area (Å²) in [7, 11) is 0. The maximum atomic E-state index is 10.8. The summed E-state index contributed by atoms with van der Waals surface area (Å²) in [4.78, 5) is 21.1. The van der Waals surface area contributed by atoms with Gasteiger partial charge in [-0.15, -0.1) is 0 Å². The fraction of sp³-hybridized carbons (Fsp3) is 0.714. The van der Waals surface area contributed by atoms with Crippen molar-refractivity contribution in [2.45, 2.75) is 26.7 Å². The van der Waals surface area contributed by atoms with E-state index in [1.165, 1.54) is 6.92 Å². The van der Waals surface area contributed by atoms with E-state index < -0.39 is 0 Å². The number of urea groups is 1. The van der Waals surface area contributed by atoms with Crippen LogP contribution in [0.4, 0.5) is 4.79 Å². The van der Waals surface area contributed by atoms with Gasteiger partial charge in [-0.05, 0) is 6.42 Å². The highest BCUT2D eigenvalue weighted by atomic mass is 16.2. The normalized spacial score (nSPS) is 8.83. The Hall–Kier alpha value is -1.26. The van der Waals surface area contributed by atoms with Crippen LogP contribution in [0, 0.1) is 0 Å². The van der Waals surface area contributed by atoms with Crippen molar-refractivity contribution in [3.63, 3.8) is 0 Å². The molecule has 0 atom stereocenters. The molecule has 0 spiro atoms. The molecule has 70 valence electrons. The van der Waals surface area contributed by atoms with Gasteiger partial charge in [0.05, 0.1) is 0 Å². The Kier molecular flexibility index (Phi) is 5.77. The predicted molar refractivity (Wildman–Crippen MR) is 45.3 cm³/mol. The topological polar surface area (TPSA) is 70.2 Å². The molecule has 5 nitrogen and oxygen atoms in total. The van der Waals surface area contributed by atoms with Crippen molar-refractivity contribution >= 4 is 11.9 Å². The van der Waals surface area contributed by atoms with Gasteiger partial charge < -0.3 is 5.32 Å². The van der Waals surface area contributed by atoms with Crippen LogP contribution in [0.5, 0.6) is 0 Å². The summed E-state index contributed by atoms with van der Waals surface area (Å²) >= 11 is 0. The van der Waals surface area contributed by atoms with Gasteiger partial charge >= 0.3 is 6.03 Å². The van der Waals surface area contributed by atoms with Crippen molar-refractivity contribution in [1.82, 2.24) is 16.2 Å². The Morgan fingerprint density at radius 2 is 1.92 bits per heavy atom. The SMILES string of the molecule is CCCCNC(=O)NNC(C)=O. The van der Waals surface area contributed by atoms with Crippen molar-refractivity contribution in [3.8, 4) is 0 Å². The second-order valence-corrected chi connectivity index (χ2v) is 2.42. The van der Waals surface area contributed by atoms with Gasteiger partial charge in [0.25, 0.3) is 0 Å². The number of hydrogen-bond donors (Lipinski definition) is 3. The highest BCUT2D eigenvalue weighted by Gasteiger charge is 1.97. The number of carbonyl (C=O) groups is 2. The summed E-state index contributed by atoms with van der Waals surface area (Å²) in [6.45, 7) is 3.99. The average Bonchev–Trinajstić information content (AvgIpc) is 2.01. The zero-order chi connectivity index (χ0) is 9.40. The molecule has 0 aliphatic heterocycles. The number of hydrazine groups is 1. The van der Waals surface area contributed by atoms with E-state index in [1.54, 1.807) is 0 Å². The predicted octanol–water partition coefficient (Wildman–Crippen LogP) is 0.137. The Morgan fingerprint density at radius 3 is 2.42 bits per heavy atom. The zero-order valence-electron chi connectivity index (χ0n) is 7.44. The second-order valence-electron chi connectivity index (χ2n) is 2.42. The van der Waals surface area contributed by atoms with Crippen molar-refractivity contribution < 1.29 is 9.59 Å². The van der Waals surface area contributed by atoms with Crippen LogP contribution in [0.25, 0.3) is 0 Å². The Morgan fingerprint density at radius 1 is 1.25 bits per heavy atom. The molecule has 0 unspecified atom stereocenters. The summed E-state index contributed by atoms with van der Waals surface area (Å²) < 4.78 is 0. The van der Waals surface area contributed by atoms with Crippen LogP contribution >= 0.6 is 0 Å². The van der Waals surface area contributed by atoms with E-state index in [2.05, 4.69) is 16.2 Å². The minimum atomic E-state index is -0.376. The van der Waals surface area contributed by atoms with Gasteiger partial charge in [-0.2, -0.15) is 0 Å². The maximum absolute atomic E-state index is 10.8. The van der Waals surface area contributed by atoms with Crippen LogP contribution in [0.2, 0.25) is 0 Å². The number of amides is 3. The van der Waals surface area contributed by atoms with Crippen LogP contribution in [0.1, 0.15) is 26.7 Å². The zero-order valence-corrected chi connectivity index (χ0v) is 7.44. The molecule has 0 aromatic heterocycles. The Labute approximate surface area is 71.9 Å². The van der Waals surface area contributed by atoms with E-state index >= 15 is 0 Å². The molecule has 3 N–H and O–H groups in total. The second kappa shape index (κ2) is 6.45. The number of rotatable bonds is 3. The fourth-order valence-corrected chi connectivity index (χ4v) is 0.568. The summed E-state index contributed by atoms with van der Waals surface area (Å²) in [6.07, 6.45) is 1.97. The van der Waals surface area contributed by atoms with E-state index in [4.69, 9.17) is 0 Å². The van der Waals surface area contributed by atoms with Gasteiger partial charge in [-0.3, -0.25) is 10.2 Å². The maximum Gasteiger partial charge on any atom is 0.333 e. The molecule has 0 aromatic rings. The first-order valence-electron chi connectivity index (χ1n) is 3.97. The molecule has 0 saturated carbocycles. The molecular weight excluding hydrogens is 158 g/mol. The largest absolute Gasteiger partial charge is 0.337 e. The van der Waals surface area contributed by atoms with Crippen LogP contribution in [0.15, 0.2) is 0 Å². The summed E-state index contributed by atoms with van der Waals surface area (Å²) in [5.41, 5.74) is 4.36. The Balaban J connectivity index is 3.28. The van der Waals surface area contributed by atoms with E-state index in [0.29, 0.717) is 6.54 Å². The molecule has 5 heteroatoms. The molecule has 0 bridgehead atoms. The first-order chi connectivity index (χ1) is 5.66. The van der Waals surface area contributed by atoms with Crippen molar-refractivity contribution in [2.75, 3.05) is 6.54 Å². The van der Waals surface area contributed by atoms with Gasteiger partial charge in [-0.1, -0.05) is 13.3 Å². The van der Waals surface area contributed by atoms with Crippen LogP contribution < -0.4 is 16.2 Å². The summed E-state index contributed by atoms with van der Waals surface area (Å²) in [5, 5.41) is 2.57. The number of carbonyl (C=O) groups excluding carboxylic acids is 2. The highest BCUT2D eigenvalue weighted by molar-refractivity contribution is 5.79. The van der Waals surface area contributed by atoms with Crippen LogP contribution in [0.3, 0.4) is 0 Å². The van der Waals surface area contributed by atoms with Gasteiger partial charge in [0.1, 0.15) is 0 Å². The fourth-order valence-electron chi connectivity index (χ4n) is 0.568. The third kappa shape index (κ3) is 6.85. The van der Waals surface area contributed by atoms with Gasteiger partial charge in [0.2, 0.25) is 5.91 Å². The molecule has 0 radical (unpaired) electrons. The molecule has 0 saturated heterocycles. The summed E-state index contributed by atoms with van der Waals surface area (Å²) in [5.74, 6) is -0.291. The molecule has 0 aliphatic rings. The van der Waals surface area contributed by atoms with Crippen molar-refractivity contribution in [2.24, 2.45) is 0 Å². The first kappa shape index (κ1) is 10.7. The lowest BCUT2D eigenvalue weighted by atomic mass is 10.3. The van der Waals surface area contributed by atoms with Crippen molar-refractivity contribution in [1.29, 1.82) is 0 Å². The molecule has 0 aliphatic carbocycles. The van der Waals surface area contributed by atoms with Gasteiger partial charge in [-0.25, -0.2) is 10.2 Å². The van der Waals surface area contributed by atoms with E-state index in [0.717, 1.165) is 12.8 Å². The molecule has 3 amide bonds. The highest BCUT2D eigenvalue weighted by Crippen LogP contribution is 1.81. The molecule has 0 rings (SSSR count). The van der Waals surface area contributed by atoms with E-state index in [9.17, 15) is 9.59 Å². The molecule has 0 fully saturated rings. The molecule has 0 aromatic carbocycles. The van der Waals surface area contributed by atoms with E-state index in [1.807, 2.05) is 6.92 Å². The lowest BCUT2D eigenvalue weighted by Crippen LogP contribution is -2.46. The molecule has 12 heavy (non-hydrogen) atoms. The standard InChI is InChI=1S/C7H15N3O2/c1-3-4-5-8-7(12)10-9-6(2)11/h3-5H2,1-2H3,(H,9,11)(H2,8,10,12). The average molecular weight is 173 g/mol. The summed E-state index contributed by atoms with van der Waals surface area (Å²) in [6, 6.07) is -0.376. The van der Waals surface area contributed by atoms with Crippen molar-refractivity contribution in [3.05, 3.63) is 0 Å². The minimum absolute atomic E-state index is 0.291. The smallest absolute Gasteiger partial charge is 0.333 e. The molecular formula is C7H15N3O2. The Bertz CT molecular complexity index is 159. The van der Waals surface area contributed by atoms with Crippen LogP contribution in [-0.2, 0) is 4.79 Å². The monoisotopic (exact) mass is 173 g/mol. The quantitative estimate of drug-likeness (QED) is 0.419. The third-order valence-corrected chi connectivity index (χ3v) is 1.17. The van der Waals surface area contributed by atoms with Crippen LogP contribution in [-0.4, -0.2) is 18.5 Å². The first-order valence-corrected chi connectivity index (χ1v) is 3.97. The number of nitrogens with one attached hydrogen (secondary N) is 3.